The zero-order chi connectivity index (χ0) is 25.5. The first-order valence-electron chi connectivity index (χ1n) is 13.5. The average molecular weight is 535 g/mol. The van der Waals surface area contributed by atoms with Gasteiger partial charge in [-0.25, -0.2) is 0 Å². The van der Waals surface area contributed by atoms with E-state index in [0.717, 1.165) is 53.0 Å². The van der Waals surface area contributed by atoms with Crippen molar-refractivity contribution in [1.29, 1.82) is 0 Å². The number of nitrogens with zero attached hydrogens (tertiary/aromatic N) is 3. The maximum atomic E-state index is 13.3. The van der Waals surface area contributed by atoms with Crippen molar-refractivity contribution in [2.75, 3.05) is 6.54 Å². The molecule has 2 aliphatic rings. The number of amides is 1. The third-order valence-electron chi connectivity index (χ3n) is 8.26. The van der Waals surface area contributed by atoms with Gasteiger partial charge in [0.25, 0.3) is 0 Å². The van der Waals surface area contributed by atoms with E-state index in [4.69, 9.17) is 28.2 Å². The number of hydrogen-bond acceptors (Lipinski definition) is 2. The van der Waals surface area contributed by atoms with E-state index in [1.807, 2.05) is 24.4 Å². The van der Waals surface area contributed by atoms with Crippen LogP contribution in [0.3, 0.4) is 0 Å². The Morgan fingerprint density at radius 3 is 2.54 bits per heavy atom. The molecule has 2 fully saturated rings. The zero-order valence-electron chi connectivity index (χ0n) is 21.3. The summed E-state index contributed by atoms with van der Waals surface area (Å²) in [6.45, 7) is 4.39. The van der Waals surface area contributed by atoms with Crippen molar-refractivity contribution in [2.24, 2.45) is 17.8 Å². The lowest BCUT2D eigenvalue weighted by atomic mass is 9.83. The normalized spacial score (nSPS) is 20.0. The Kier molecular flexibility index (Phi) is 6.89. The summed E-state index contributed by atoms with van der Waals surface area (Å²) in [4.78, 5) is 20.2. The van der Waals surface area contributed by atoms with E-state index >= 15 is 0 Å². The number of hydrogen-bond donors (Lipinski definition) is 0. The van der Waals surface area contributed by atoms with Crippen LogP contribution in [0.4, 0.5) is 0 Å². The number of fused-ring (bicyclic) bond motifs is 3. The predicted octanol–water partition coefficient (Wildman–Crippen LogP) is 8.11. The van der Waals surface area contributed by atoms with Gasteiger partial charge in [-0.2, -0.15) is 0 Å². The minimum absolute atomic E-state index is 0.218. The summed E-state index contributed by atoms with van der Waals surface area (Å²) in [5.41, 5.74) is 4.12. The molecule has 0 aliphatic heterocycles. The van der Waals surface area contributed by atoms with Gasteiger partial charge in [0.05, 0.1) is 24.0 Å². The fourth-order valence-corrected chi connectivity index (χ4v) is 6.29. The van der Waals surface area contributed by atoms with E-state index < -0.39 is 0 Å². The summed E-state index contributed by atoms with van der Waals surface area (Å²) >= 11 is 12.8. The number of rotatable bonds is 7. The van der Waals surface area contributed by atoms with E-state index in [1.165, 1.54) is 31.1 Å². The molecule has 0 spiro atoms. The predicted molar refractivity (Wildman–Crippen MR) is 152 cm³/mol. The van der Waals surface area contributed by atoms with Crippen LogP contribution in [0.5, 0.6) is 0 Å². The quantitative estimate of drug-likeness (QED) is 0.240. The van der Waals surface area contributed by atoms with Crippen LogP contribution in [0.25, 0.3) is 21.8 Å². The number of carbonyl (C=O) groups excluding carboxylic acids is 1. The van der Waals surface area contributed by atoms with Crippen LogP contribution in [0, 0.1) is 17.8 Å². The Morgan fingerprint density at radius 1 is 0.973 bits per heavy atom. The van der Waals surface area contributed by atoms with E-state index in [2.05, 4.69) is 46.7 Å². The minimum Gasteiger partial charge on any atom is -0.336 e. The molecule has 4 nitrogen and oxygen atoms in total. The van der Waals surface area contributed by atoms with Crippen molar-refractivity contribution in [3.63, 3.8) is 0 Å². The first-order valence-corrected chi connectivity index (χ1v) is 14.3. The van der Waals surface area contributed by atoms with E-state index in [-0.39, 0.29) is 5.92 Å². The summed E-state index contributed by atoms with van der Waals surface area (Å²) in [5, 5.41) is 3.71. The molecule has 0 saturated heterocycles. The van der Waals surface area contributed by atoms with Crippen molar-refractivity contribution in [1.82, 2.24) is 14.5 Å². The van der Waals surface area contributed by atoms with Gasteiger partial charge in [0.2, 0.25) is 5.91 Å². The summed E-state index contributed by atoms with van der Waals surface area (Å²) in [6.07, 6.45) is 9.02. The Hall–Kier alpha value is -2.56. The van der Waals surface area contributed by atoms with Crippen LogP contribution in [-0.2, 0) is 17.9 Å². The molecule has 0 bridgehead atoms. The van der Waals surface area contributed by atoms with Gasteiger partial charge in [0.1, 0.15) is 0 Å². The molecule has 6 heteroatoms. The van der Waals surface area contributed by atoms with Gasteiger partial charge < -0.3 is 9.47 Å². The first-order chi connectivity index (χ1) is 18.0. The minimum atomic E-state index is 0.218. The van der Waals surface area contributed by atoms with Crippen LogP contribution in [0.15, 0.2) is 54.7 Å². The van der Waals surface area contributed by atoms with Gasteiger partial charge in [-0.1, -0.05) is 61.2 Å². The maximum absolute atomic E-state index is 13.3. The van der Waals surface area contributed by atoms with Crippen LogP contribution in [0.2, 0.25) is 10.0 Å². The summed E-state index contributed by atoms with van der Waals surface area (Å²) in [5.74, 6) is 1.95. The van der Waals surface area contributed by atoms with E-state index in [9.17, 15) is 4.79 Å². The van der Waals surface area contributed by atoms with Crippen molar-refractivity contribution < 1.29 is 4.79 Å². The summed E-state index contributed by atoms with van der Waals surface area (Å²) in [7, 11) is 0. The van der Waals surface area contributed by atoms with Gasteiger partial charge in [-0.05, 0) is 73.4 Å². The van der Waals surface area contributed by atoms with Crippen molar-refractivity contribution >= 4 is 50.9 Å². The lowest BCUT2D eigenvalue weighted by Gasteiger charge is -2.32. The topological polar surface area (TPSA) is 38.1 Å². The van der Waals surface area contributed by atoms with Crippen LogP contribution in [-0.4, -0.2) is 26.9 Å². The van der Waals surface area contributed by atoms with E-state index in [1.54, 1.807) is 0 Å². The molecule has 6 rings (SSSR count). The average Bonchev–Trinajstić information content (AvgIpc) is 3.71. The largest absolute Gasteiger partial charge is 0.336 e. The molecule has 37 heavy (non-hydrogen) atoms. The SMILES string of the molecule is CC1CCC(CN(Cc2cc3c4ccccc4n(Cc4cc(Cl)ccc4Cl)c3cn2)C(=O)C2CC2)CC1. The molecule has 0 radical (unpaired) electrons. The molecule has 0 N–H and O–H groups in total. The van der Waals surface area contributed by atoms with Crippen LogP contribution < -0.4 is 0 Å². The third-order valence-corrected chi connectivity index (χ3v) is 8.86. The third kappa shape index (κ3) is 5.24. The second-order valence-electron chi connectivity index (χ2n) is 11.2. The van der Waals surface area contributed by atoms with Crippen molar-refractivity contribution in [3.8, 4) is 0 Å². The molecule has 2 aromatic carbocycles. The molecular weight excluding hydrogens is 501 g/mol. The number of benzene rings is 2. The fraction of sp³-hybridized carbons (Fsp3) is 0.419. The first kappa shape index (κ1) is 24.8. The zero-order valence-corrected chi connectivity index (χ0v) is 22.8. The molecule has 2 saturated carbocycles. The van der Waals surface area contributed by atoms with Gasteiger partial charge in [-0.15, -0.1) is 0 Å². The summed E-state index contributed by atoms with van der Waals surface area (Å²) < 4.78 is 2.26. The van der Waals surface area contributed by atoms with Crippen LogP contribution in [0.1, 0.15) is 56.7 Å². The Labute approximate surface area is 228 Å². The molecule has 2 aromatic heterocycles. The van der Waals surface area contributed by atoms with Gasteiger partial charge in [0.15, 0.2) is 0 Å². The molecule has 2 aliphatic carbocycles. The number of aromatic nitrogens is 2. The lowest BCUT2D eigenvalue weighted by molar-refractivity contribution is -0.134. The Bertz CT molecular complexity index is 1450. The highest BCUT2D eigenvalue weighted by Crippen LogP contribution is 2.35. The fourth-order valence-electron chi connectivity index (χ4n) is 5.92. The Balaban J connectivity index is 1.33. The number of carbonyl (C=O) groups is 1. The number of halogens is 2. The lowest BCUT2D eigenvalue weighted by Crippen LogP contribution is -2.37. The molecule has 4 aromatic rings. The molecule has 0 unspecified atom stereocenters. The molecule has 192 valence electrons. The smallest absolute Gasteiger partial charge is 0.226 e. The number of para-hydroxylation sites is 1. The van der Waals surface area contributed by atoms with Crippen LogP contribution >= 0.6 is 23.2 Å². The molecule has 1 amide bonds. The van der Waals surface area contributed by atoms with E-state index in [0.29, 0.717) is 35.0 Å². The monoisotopic (exact) mass is 533 g/mol. The van der Waals surface area contributed by atoms with Gasteiger partial charge in [0, 0.05) is 45.3 Å². The van der Waals surface area contributed by atoms with Gasteiger partial charge in [-0.3, -0.25) is 9.78 Å². The van der Waals surface area contributed by atoms with Crippen molar-refractivity contribution in [2.45, 2.75) is 58.5 Å². The second-order valence-corrected chi connectivity index (χ2v) is 12.0. The Morgan fingerprint density at radius 2 is 1.76 bits per heavy atom. The number of pyridine rings is 1. The highest BCUT2D eigenvalue weighted by Gasteiger charge is 2.35. The standard InChI is InChI=1S/C31H33Cl2N3O/c1-20-6-8-21(9-7-20)17-35(31(37)22-10-11-22)19-25-15-27-26-4-2-3-5-29(26)36(30(27)16-34-25)18-23-14-24(32)12-13-28(23)33/h2-5,12-16,20-22H,6-11,17-19H2,1H3. The van der Waals surface area contributed by atoms with Gasteiger partial charge >= 0.3 is 0 Å². The van der Waals surface area contributed by atoms with Crippen molar-refractivity contribution in [3.05, 3.63) is 76.0 Å². The second kappa shape index (κ2) is 10.3. The summed E-state index contributed by atoms with van der Waals surface area (Å²) in [6, 6.07) is 16.2. The highest BCUT2D eigenvalue weighted by molar-refractivity contribution is 6.33. The maximum Gasteiger partial charge on any atom is 0.226 e. The highest BCUT2D eigenvalue weighted by atomic mass is 35.5. The molecule has 2 heterocycles. The molecular formula is C31H33Cl2N3O. The molecule has 0 atom stereocenters.